The molecule has 1 N–H and O–H groups in total. The van der Waals surface area contributed by atoms with Gasteiger partial charge in [0.25, 0.3) is 0 Å². The van der Waals surface area contributed by atoms with Gasteiger partial charge in [0.05, 0.1) is 21.0 Å². The molecule has 0 radical (unpaired) electrons. The molecule has 0 aliphatic heterocycles. The largest absolute Gasteiger partial charge is 0.324 e. The fourth-order valence-electron chi connectivity index (χ4n) is 1.61. The van der Waals surface area contributed by atoms with E-state index in [-0.39, 0.29) is 11.2 Å². The maximum atomic E-state index is 12.2. The van der Waals surface area contributed by atoms with E-state index >= 15 is 0 Å². The van der Waals surface area contributed by atoms with Crippen LogP contribution in [0.4, 0.5) is 5.69 Å². The van der Waals surface area contributed by atoms with Crippen LogP contribution in [0.2, 0.25) is 15.1 Å². The average Bonchev–Trinajstić information content (AvgIpc) is 2.44. The lowest BCUT2D eigenvalue weighted by molar-refractivity contribution is -0.115. The van der Waals surface area contributed by atoms with Crippen LogP contribution >= 0.6 is 46.6 Å². The molecule has 2 aromatic carbocycles. The van der Waals surface area contributed by atoms with E-state index in [9.17, 15) is 4.79 Å². The molecule has 0 aliphatic carbocycles. The Labute approximate surface area is 142 Å². The highest BCUT2D eigenvalue weighted by molar-refractivity contribution is 8.00. The standard InChI is InChI=1S/C15H12Cl3NOS/c1-9(21-14-5-3-2-4-11(14)17)15(20)19-13-7-6-10(16)8-12(13)18/h2-9H,1H3,(H,19,20). The number of hydrogen-bond acceptors (Lipinski definition) is 2. The molecule has 0 spiro atoms. The van der Waals surface area contributed by atoms with Crippen LogP contribution < -0.4 is 5.32 Å². The second kappa shape index (κ2) is 7.41. The van der Waals surface area contributed by atoms with Gasteiger partial charge in [0.15, 0.2) is 0 Å². The number of carbonyl (C=O) groups is 1. The Morgan fingerprint density at radius 2 is 1.81 bits per heavy atom. The zero-order chi connectivity index (χ0) is 15.4. The van der Waals surface area contributed by atoms with E-state index < -0.39 is 0 Å². The highest BCUT2D eigenvalue weighted by atomic mass is 35.5. The molecule has 110 valence electrons. The predicted octanol–water partition coefficient (Wildman–Crippen LogP) is 5.77. The maximum Gasteiger partial charge on any atom is 0.237 e. The first kappa shape index (κ1) is 16.5. The van der Waals surface area contributed by atoms with Gasteiger partial charge in [-0.1, -0.05) is 46.9 Å². The van der Waals surface area contributed by atoms with Crippen LogP contribution in [0.3, 0.4) is 0 Å². The second-order valence-electron chi connectivity index (χ2n) is 4.30. The number of benzene rings is 2. The Morgan fingerprint density at radius 3 is 2.48 bits per heavy atom. The van der Waals surface area contributed by atoms with E-state index in [4.69, 9.17) is 34.8 Å². The lowest BCUT2D eigenvalue weighted by Crippen LogP contribution is -2.22. The third kappa shape index (κ3) is 4.55. The van der Waals surface area contributed by atoms with Gasteiger partial charge in [-0.15, -0.1) is 11.8 Å². The van der Waals surface area contributed by atoms with Crippen molar-refractivity contribution in [2.75, 3.05) is 5.32 Å². The van der Waals surface area contributed by atoms with Crippen molar-refractivity contribution in [3.05, 3.63) is 57.5 Å². The molecular weight excluding hydrogens is 349 g/mol. The van der Waals surface area contributed by atoms with Crippen molar-refractivity contribution in [2.45, 2.75) is 17.1 Å². The Bertz CT molecular complexity index is 663. The van der Waals surface area contributed by atoms with Crippen LogP contribution in [0.1, 0.15) is 6.92 Å². The highest BCUT2D eigenvalue weighted by Gasteiger charge is 2.17. The molecule has 0 aliphatic rings. The predicted molar refractivity (Wildman–Crippen MR) is 91.9 cm³/mol. The van der Waals surface area contributed by atoms with Crippen molar-refractivity contribution in [2.24, 2.45) is 0 Å². The summed E-state index contributed by atoms with van der Waals surface area (Å²) in [6.45, 7) is 1.81. The molecule has 1 amide bonds. The van der Waals surface area contributed by atoms with Gasteiger partial charge in [-0.2, -0.15) is 0 Å². The zero-order valence-corrected chi connectivity index (χ0v) is 14.2. The molecule has 0 saturated carbocycles. The summed E-state index contributed by atoms with van der Waals surface area (Å²) in [6.07, 6.45) is 0. The summed E-state index contributed by atoms with van der Waals surface area (Å²) < 4.78 is 0. The van der Waals surface area contributed by atoms with Crippen molar-refractivity contribution in [3.63, 3.8) is 0 Å². The molecule has 2 aromatic rings. The van der Waals surface area contributed by atoms with Crippen LogP contribution in [-0.2, 0) is 4.79 Å². The van der Waals surface area contributed by atoms with Gasteiger partial charge in [-0.3, -0.25) is 4.79 Å². The minimum absolute atomic E-state index is 0.149. The Hall–Kier alpha value is -0.870. The summed E-state index contributed by atoms with van der Waals surface area (Å²) >= 11 is 19.3. The number of nitrogens with one attached hydrogen (secondary N) is 1. The molecule has 0 saturated heterocycles. The van der Waals surface area contributed by atoms with E-state index in [0.29, 0.717) is 20.8 Å². The minimum Gasteiger partial charge on any atom is -0.324 e. The summed E-state index contributed by atoms with van der Waals surface area (Å²) in [6, 6.07) is 12.4. The van der Waals surface area contributed by atoms with Gasteiger partial charge in [-0.05, 0) is 37.3 Å². The number of carbonyl (C=O) groups excluding carboxylic acids is 1. The van der Waals surface area contributed by atoms with Gasteiger partial charge in [0.1, 0.15) is 0 Å². The quantitative estimate of drug-likeness (QED) is 0.702. The number of hydrogen-bond donors (Lipinski definition) is 1. The lowest BCUT2D eigenvalue weighted by atomic mass is 10.3. The molecule has 1 unspecified atom stereocenters. The fraction of sp³-hybridized carbons (Fsp3) is 0.133. The summed E-state index contributed by atoms with van der Waals surface area (Å²) in [5.41, 5.74) is 0.540. The maximum absolute atomic E-state index is 12.2. The van der Waals surface area contributed by atoms with Gasteiger partial charge in [0, 0.05) is 9.92 Å². The molecule has 0 fully saturated rings. The third-order valence-corrected chi connectivity index (χ3v) is 4.87. The van der Waals surface area contributed by atoms with Crippen molar-refractivity contribution in [3.8, 4) is 0 Å². The summed E-state index contributed by atoms with van der Waals surface area (Å²) in [7, 11) is 0. The van der Waals surface area contributed by atoms with Crippen molar-refractivity contribution in [1.82, 2.24) is 0 Å². The molecule has 2 nitrogen and oxygen atoms in total. The van der Waals surface area contributed by atoms with Gasteiger partial charge in [0.2, 0.25) is 5.91 Å². The van der Waals surface area contributed by atoms with Crippen LogP contribution in [0, 0.1) is 0 Å². The SMILES string of the molecule is CC(Sc1ccccc1Cl)C(=O)Nc1ccc(Cl)cc1Cl. The number of halogens is 3. The molecular formula is C15H12Cl3NOS. The Kier molecular flexibility index (Phi) is 5.82. The van der Waals surface area contributed by atoms with E-state index in [1.807, 2.05) is 25.1 Å². The second-order valence-corrected chi connectivity index (χ2v) is 6.94. The first-order valence-corrected chi connectivity index (χ1v) is 8.16. The number of rotatable bonds is 4. The van der Waals surface area contributed by atoms with Gasteiger partial charge >= 0.3 is 0 Å². The number of amides is 1. The van der Waals surface area contributed by atoms with Crippen LogP contribution in [0.25, 0.3) is 0 Å². The molecule has 21 heavy (non-hydrogen) atoms. The highest BCUT2D eigenvalue weighted by Crippen LogP contribution is 2.31. The summed E-state index contributed by atoms with van der Waals surface area (Å²) in [5.74, 6) is -0.149. The molecule has 2 rings (SSSR count). The fourth-order valence-corrected chi connectivity index (χ4v) is 3.22. The number of thioether (sulfide) groups is 1. The van der Waals surface area contributed by atoms with Gasteiger partial charge < -0.3 is 5.32 Å². The van der Waals surface area contributed by atoms with Crippen molar-refractivity contribution < 1.29 is 4.79 Å². The van der Waals surface area contributed by atoms with Crippen LogP contribution in [0.5, 0.6) is 0 Å². The van der Waals surface area contributed by atoms with Gasteiger partial charge in [-0.25, -0.2) is 0 Å². The van der Waals surface area contributed by atoms with E-state index in [0.717, 1.165) is 4.90 Å². The Morgan fingerprint density at radius 1 is 1.10 bits per heavy atom. The molecule has 0 aromatic heterocycles. The summed E-state index contributed by atoms with van der Waals surface area (Å²) in [4.78, 5) is 13.1. The lowest BCUT2D eigenvalue weighted by Gasteiger charge is -2.13. The van der Waals surface area contributed by atoms with E-state index in [2.05, 4.69) is 5.32 Å². The minimum atomic E-state index is -0.309. The first-order chi connectivity index (χ1) is 9.97. The first-order valence-electron chi connectivity index (χ1n) is 6.14. The Balaban J connectivity index is 2.04. The van der Waals surface area contributed by atoms with Crippen LogP contribution in [0.15, 0.2) is 47.4 Å². The van der Waals surface area contributed by atoms with Crippen LogP contribution in [-0.4, -0.2) is 11.2 Å². The monoisotopic (exact) mass is 359 g/mol. The molecule has 0 bridgehead atoms. The smallest absolute Gasteiger partial charge is 0.237 e. The molecule has 6 heteroatoms. The number of anilines is 1. The van der Waals surface area contributed by atoms with Crippen molar-refractivity contribution in [1.29, 1.82) is 0 Å². The summed E-state index contributed by atoms with van der Waals surface area (Å²) in [5, 5.41) is 4.04. The normalized spacial score (nSPS) is 12.0. The topological polar surface area (TPSA) is 29.1 Å². The van der Waals surface area contributed by atoms with E-state index in [1.54, 1.807) is 24.3 Å². The zero-order valence-electron chi connectivity index (χ0n) is 11.1. The third-order valence-electron chi connectivity index (χ3n) is 2.70. The molecule has 0 heterocycles. The van der Waals surface area contributed by atoms with Crippen molar-refractivity contribution >= 4 is 58.2 Å². The molecule has 1 atom stereocenters. The average molecular weight is 361 g/mol. The van der Waals surface area contributed by atoms with E-state index in [1.165, 1.54) is 11.8 Å².